The molecule has 6 rings (SSSR count). The first-order chi connectivity index (χ1) is 18.5. The van der Waals surface area contributed by atoms with E-state index in [-0.39, 0.29) is 6.04 Å². The summed E-state index contributed by atoms with van der Waals surface area (Å²) in [6.07, 6.45) is 6.40. The molecule has 0 radical (unpaired) electrons. The molecule has 2 unspecified atom stereocenters. The van der Waals surface area contributed by atoms with Crippen LogP contribution in [0.1, 0.15) is 30.5 Å². The van der Waals surface area contributed by atoms with Crippen molar-refractivity contribution in [2.45, 2.75) is 44.3 Å². The van der Waals surface area contributed by atoms with E-state index < -0.39 is 0 Å². The predicted octanol–water partition coefficient (Wildman–Crippen LogP) is 4.31. The summed E-state index contributed by atoms with van der Waals surface area (Å²) < 4.78 is 6.26. The van der Waals surface area contributed by atoms with Crippen LogP contribution in [0.3, 0.4) is 0 Å². The highest BCUT2D eigenvalue weighted by Crippen LogP contribution is 2.37. The number of nitriles is 1. The van der Waals surface area contributed by atoms with Crippen LogP contribution < -0.4 is 14.5 Å². The lowest BCUT2D eigenvalue weighted by molar-refractivity contribution is 0.187. The average Bonchev–Trinajstić information content (AvgIpc) is 3.59. The van der Waals surface area contributed by atoms with E-state index in [1.807, 2.05) is 17.0 Å². The molecule has 0 bridgehead atoms. The molecule has 2 atom stereocenters. The van der Waals surface area contributed by atoms with Crippen LogP contribution in [0.2, 0.25) is 5.02 Å². The van der Waals surface area contributed by atoms with Crippen molar-refractivity contribution < 1.29 is 4.74 Å². The van der Waals surface area contributed by atoms with Crippen LogP contribution >= 0.6 is 11.6 Å². The second-order valence-electron chi connectivity index (χ2n) is 10.7. The molecule has 4 heterocycles. The molecule has 8 nitrogen and oxygen atoms in total. The number of anilines is 2. The van der Waals surface area contributed by atoms with E-state index >= 15 is 0 Å². The molecule has 1 aromatic heterocycles. The van der Waals surface area contributed by atoms with Crippen molar-refractivity contribution in [1.82, 2.24) is 19.8 Å². The molecule has 38 heavy (non-hydrogen) atoms. The summed E-state index contributed by atoms with van der Waals surface area (Å²) >= 11 is 6.68. The molecule has 0 saturated carbocycles. The Morgan fingerprint density at radius 1 is 1.13 bits per heavy atom. The summed E-state index contributed by atoms with van der Waals surface area (Å²) in [4.78, 5) is 18.7. The van der Waals surface area contributed by atoms with Crippen molar-refractivity contribution in [2.75, 3.05) is 56.7 Å². The van der Waals surface area contributed by atoms with E-state index in [0.717, 1.165) is 78.4 Å². The molecule has 2 saturated heterocycles. The number of hydrogen-bond donors (Lipinski definition) is 0. The van der Waals surface area contributed by atoms with Gasteiger partial charge in [-0.15, -0.1) is 0 Å². The maximum Gasteiger partial charge on any atom is 0.318 e. The molecule has 9 heteroatoms. The molecule has 0 aliphatic carbocycles. The lowest BCUT2D eigenvalue weighted by atomic mass is 10.0. The maximum atomic E-state index is 9.39. The van der Waals surface area contributed by atoms with Gasteiger partial charge >= 0.3 is 6.01 Å². The van der Waals surface area contributed by atoms with E-state index in [9.17, 15) is 5.26 Å². The second kappa shape index (κ2) is 10.5. The van der Waals surface area contributed by atoms with Gasteiger partial charge in [0.15, 0.2) is 6.19 Å². The molecule has 0 N–H and O–H groups in total. The van der Waals surface area contributed by atoms with E-state index in [1.54, 1.807) is 0 Å². The van der Waals surface area contributed by atoms with Gasteiger partial charge < -0.3 is 24.3 Å². The fraction of sp³-hybridized carbons (Fsp3) is 0.483. The number of halogens is 1. The number of benzene rings is 2. The Kier molecular flexibility index (Phi) is 6.89. The average molecular weight is 532 g/mol. The van der Waals surface area contributed by atoms with Gasteiger partial charge in [-0.3, -0.25) is 0 Å². The van der Waals surface area contributed by atoms with E-state index in [0.29, 0.717) is 25.2 Å². The zero-order valence-electron chi connectivity index (χ0n) is 22.1. The molecule has 2 fully saturated rings. The molecule has 2 aromatic carbocycles. The monoisotopic (exact) mass is 531 g/mol. The maximum absolute atomic E-state index is 9.39. The van der Waals surface area contributed by atoms with Gasteiger partial charge in [-0.05, 0) is 56.8 Å². The van der Waals surface area contributed by atoms with Crippen molar-refractivity contribution in [2.24, 2.45) is 0 Å². The quantitative estimate of drug-likeness (QED) is 0.436. The predicted molar refractivity (Wildman–Crippen MR) is 151 cm³/mol. The second-order valence-corrected chi connectivity index (χ2v) is 11.1. The molecule has 0 amide bonds. The molecule has 3 aromatic rings. The minimum Gasteiger partial charge on any atom is -0.462 e. The first kappa shape index (κ1) is 25.0. The number of hydrogen-bond acceptors (Lipinski definition) is 8. The van der Waals surface area contributed by atoms with Crippen LogP contribution in [0.5, 0.6) is 6.01 Å². The Hall–Kier alpha value is -3.28. The van der Waals surface area contributed by atoms with Crippen LogP contribution in [0.15, 0.2) is 36.4 Å². The van der Waals surface area contributed by atoms with E-state index in [2.05, 4.69) is 59.3 Å². The fourth-order valence-electron chi connectivity index (χ4n) is 6.17. The van der Waals surface area contributed by atoms with Gasteiger partial charge in [0.2, 0.25) is 0 Å². The Balaban J connectivity index is 1.33. The van der Waals surface area contributed by atoms with Gasteiger partial charge in [0.1, 0.15) is 12.4 Å². The zero-order chi connectivity index (χ0) is 26.2. The molecule has 3 aliphatic rings. The first-order valence-corrected chi connectivity index (χ1v) is 13.9. The number of likely N-dealkylation sites (tertiary alicyclic amines) is 2. The highest BCUT2D eigenvalue weighted by molar-refractivity contribution is 6.36. The molecule has 3 aliphatic heterocycles. The smallest absolute Gasteiger partial charge is 0.318 e. The molecular formula is C29H34ClN7O. The minimum absolute atomic E-state index is 0.234. The third kappa shape index (κ3) is 4.70. The van der Waals surface area contributed by atoms with Crippen LogP contribution in [0.4, 0.5) is 11.5 Å². The number of fused-ring (bicyclic) bond motifs is 2. The van der Waals surface area contributed by atoms with Crippen LogP contribution in [0.25, 0.3) is 10.8 Å². The van der Waals surface area contributed by atoms with Crippen molar-refractivity contribution in [3.8, 4) is 12.2 Å². The van der Waals surface area contributed by atoms with Gasteiger partial charge in [-0.25, -0.2) is 0 Å². The van der Waals surface area contributed by atoms with Crippen LogP contribution in [-0.2, 0) is 13.0 Å². The summed E-state index contributed by atoms with van der Waals surface area (Å²) in [6, 6.07) is 13.5. The van der Waals surface area contributed by atoms with E-state index in [4.69, 9.17) is 26.3 Å². The lowest BCUT2D eigenvalue weighted by Gasteiger charge is -2.34. The highest BCUT2D eigenvalue weighted by atomic mass is 35.5. The van der Waals surface area contributed by atoms with Gasteiger partial charge in [-0.2, -0.15) is 15.2 Å². The number of ether oxygens (including phenoxy) is 1. The third-order valence-electron chi connectivity index (χ3n) is 8.46. The van der Waals surface area contributed by atoms with E-state index in [1.165, 1.54) is 12.0 Å². The SMILES string of the molecule is CN1CCCC1COc1nc2c(c(N(C)C3CCN(C#N)C3)n1)CCN(c1cccc3cccc(Cl)c13)C2. The van der Waals surface area contributed by atoms with Gasteiger partial charge in [-0.1, -0.05) is 35.9 Å². The Labute approximate surface area is 229 Å². The standard InChI is InChI=1S/C29H34ClN7O/c1-34-13-5-8-22(34)18-38-29-32-25-17-37(26-10-4-7-20-6-3-9-24(30)27(20)26)15-12-23(25)28(33-29)35(2)21-11-14-36(16-21)19-31/h3-4,6-7,9-10,21-22H,5,8,11-18H2,1-2H3. The van der Waals surface area contributed by atoms with Gasteiger partial charge in [0.25, 0.3) is 0 Å². The number of nitrogens with zero attached hydrogens (tertiary/aromatic N) is 7. The van der Waals surface area contributed by atoms with Crippen LogP contribution in [0, 0.1) is 11.5 Å². The summed E-state index contributed by atoms with van der Waals surface area (Å²) in [5.41, 5.74) is 3.31. The summed E-state index contributed by atoms with van der Waals surface area (Å²) in [5.74, 6) is 0.935. The Morgan fingerprint density at radius 2 is 1.97 bits per heavy atom. The van der Waals surface area contributed by atoms with Crippen molar-refractivity contribution in [3.05, 3.63) is 52.7 Å². The largest absolute Gasteiger partial charge is 0.462 e. The zero-order valence-corrected chi connectivity index (χ0v) is 22.9. The van der Waals surface area contributed by atoms with Crippen LogP contribution in [-0.4, -0.2) is 78.7 Å². The molecule has 198 valence electrons. The summed E-state index contributed by atoms with van der Waals surface area (Å²) in [7, 11) is 4.25. The fourth-order valence-corrected chi connectivity index (χ4v) is 6.45. The van der Waals surface area contributed by atoms with Crippen molar-refractivity contribution in [1.29, 1.82) is 5.26 Å². The minimum atomic E-state index is 0.234. The Morgan fingerprint density at radius 3 is 2.74 bits per heavy atom. The normalized spacial score (nSPS) is 21.5. The number of rotatable bonds is 6. The first-order valence-electron chi connectivity index (χ1n) is 13.5. The van der Waals surface area contributed by atoms with Crippen molar-refractivity contribution >= 4 is 33.9 Å². The van der Waals surface area contributed by atoms with Crippen molar-refractivity contribution in [3.63, 3.8) is 0 Å². The highest BCUT2D eigenvalue weighted by Gasteiger charge is 2.31. The van der Waals surface area contributed by atoms with Gasteiger partial charge in [0, 0.05) is 49.4 Å². The summed E-state index contributed by atoms with van der Waals surface area (Å²) in [6.45, 7) is 4.71. The van der Waals surface area contributed by atoms with Gasteiger partial charge in [0.05, 0.1) is 23.3 Å². The third-order valence-corrected chi connectivity index (χ3v) is 8.77. The molecule has 0 spiro atoms. The Bertz CT molecular complexity index is 1370. The number of likely N-dealkylation sites (N-methyl/N-ethyl adjacent to an activating group) is 2. The lowest BCUT2D eigenvalue weighted by Crippen LogP contribution is -2.38. The number of aromatic nitrogens is 2. The topological polar surface area (TPSA) is 71.8 Å². The molecular weight excluding hydrogens is 498 g/mol. The summed E-state index contributed by atoms with van der Waals surface area (Å²) in [5, 5.41) is 12.4.